The SMILES string of the molecule is CCCOC(C)c1c(C)c2cc3[nH]c(cc4nc(cc5nc(cc1[nH]2)C(C)=C5CCC(=O)NCCOCCOC)C(CCC(=O)NCCOCCOC)=C4C)c(C)c3C(C)OCCC. The number of H-pyrrole nitrogens is 2. The van der Waals surface area contributed by atoms with Gasteiger partial charge in [0.1, 0.15) is 0 Å². The lowest BCUT2D eigenvalue weighted by Gasteiger charge is -2.13. The van der Waals surface area contributed by atoms with Crippen LogP contribution in [0.5, 0.6) is 0 Å². The maximum atomic E-state index is 13.2. The van der Waals surface area contributed by atoms with E-state index in [-0.39, 0.29) is 36.9 Å². The molecular weight excluding hydrogens is 813 g/mol. The fraction of sp³-hybridized carbons (Fsp3) is 0.560. The van der Waals surface area contributed by atoms with Crippen LogP contribution >= 0.6 is 0 Å². The number of nitrogens with one attached hydrogen (secondary N) is 4. The summed E-state index contributed by atoms with van der Waals surface area (Å²) >= 11 is 0. The van der Waals surface area contributed by atoms with Gasteiger partial charge in [-0.05, 0) is 125 Å². The van der Waals surface area contributed by atoms with E-state index in [0.29, 0.717) is 78.8 Å². The number of ether oxygens (including phenoxy) is 6. The van der Waals surface area contributed by atoms with E-state index in [1.54, 1.807) is 14.2 Å². The number of carbonyl (C=O) groups excluding carboxylic acids is 2. The molecule has 0 fully saturated rings. The highest BCUT2D eigenvalue weighted by atomic mass is 16.5. The van der Waals surface area contributed by atoms with Gasteiger partial charge in [0.2, 0.25) is 11.8 Å². The standard InChI is InChI=1S/C50H72N6O8/c1-11-19-63-35(7)49-33(5)41-27-39-31(3)37(13-15-47(57)51-17-21-61-25-23-59-9)43(53-39)30-44-38(14-16-48(58)52-18-22-62-26-24-60-10)32(4)40(54-44)28-45-50(36(8)64-20-12-2)34(6)42(56-45)29-46(49)55-41/h27-30,35-36,55-56H,11-26H2,1-10H3,(H,51,57)(H,52,58). The van der Waals surface area contributed by atoms with Gasteiger partial charge in [0, 0.05) is 86.6 Å². The Balaban J connectivity index is 1.68. The molecule has 0 spiro atoms. The average molecular weight is 885 g/mol. The molecule has 2 unspecified atom stereocenters. The second kappa shape index (κ2) is 25.1. The third-order valence-electron chi connectivity index (χ3n) is 11.8. The van der Waals surface area contributed by atoms with E-state index in [0.717, 1.165) is 102 Å². The normalized spacial score (nSPS) is 13.8. The highest BCUT2D eigenvalue weighted by Crippen LogP contribution is 2.39. The number of rotatable bonds is 26. The van der Waals surface area contributed by atoms with E-state index in [2.05, 4.69) is 94.2 Å². The van der Waals surface area contributed by atoms with Crippen molar-refractivity contribution >= 4 is 56.2 Å². The maximum Gasteiger partial charge on any atom is 0.220 e. The Hall–Kier alpha value is -4.70. The van der Waals surface area contributed by atoms with Crippen LogP contribution in [-0.4, -0.2) is 112 Å². The van der Waals surface area contributed by atoms with E-state index in [4.69, 9.17) is 38.4 Å². The van der Waals surface area contributed by atoms with Crippen LogP contribution in [0.4, 0.5) is 0 Å². The number of aromatic amines is 2. The third-order valence-corrected chi connectivity index (χ3v) is 11.8. The summed E-state index contributed by atoms with van der Waals surface area (Å²) in [6.45, 7) is 21.7. The Morgan fingerprint density at radius 2 is 0.984 bits per heavy atom. The first-order valence-electron chi connectivity index (χ1n) is 23.0. The number of hydrogen-bond acceptors (Lipinski definition) is 10. The fourth-order valence-corrected chi connectivity index (χ4v) is 8.25. The number of amides is 2. The molecule has 8 bridgehead atoms. The molecule has 0 saturated carbocycles. The number of fused-ring (bicyclic) bond motifs is 8. The molecule has 3 aromatic rings. The molecule has 2 amide bonds. The Labute approximate surface area is 379 Å². The number of carbonyl (C=O) groups is 2. The van der Waals surface area contributed by atoms with Crippen molar-refractivity contribution in [3.8, 4) is 0 Å². The molecule has 0 aromatic carbocycles. The number of aromatic nitrogens is 4. The number of methoxy groups -OCH3 is 2. The average Bonchev–Trinajstić information content (AvgIpc) is 3.95. The van der Waals surface area contributed by atoms with Gasteiger partial charge in [-0.2, -0.15) is 0 Å². The molecule has 14 nitrogen and oxygen atoms in total. The predicted octanol–water partition coefficient (Wildman–Crippen LogP) is 8.89. The smallest absolute Gasteiger partial charge is 0.220 e. The van der Waals surface area contributed by atoms with Crippen LogP contribution in [-0.2, 0) is 38.0 Å². The predicted molar refractivity (Wildman–Crippen MR) is 255 cm³/mol. The number of nitrogens with zero attached hydrogens (tertiary/aromatic N) is 2. The zero-order valence-electron chi connectivity index (χ0n) is 39.9. The Morgan fingerprint density at radius 1 is 0.562 bits per heavy atom. The molecule has 2 atom stereocenters. The number of aryl methyl sites for hydroxylation is 2. The molecule has 3 aromatic heterocycles. The van der Waals surface area contributed by atoms with Gasteiger partial charge in [0.25, 0.3) is 0 Å². The lowest BCUT2D eigenvalue weighted by molar-refractivity contribution is -0.122. The molecule has 5 heterocycles. The summed E-state index contributed by atoms with van der Waals surface area (Å²) in [6, 6.07) is 8.42. The minimum atomic E-state index is -0.187. The number of allylic oxidation sites excluding steroid dienone is 4. The molecule has 64 heavy (non-hydrogen) atoms. The van der Waals surface area contributed by atoms with Crippen LogP contribution in [0.1, 0.15) is 137 Å². The summed E-state index contributed by atoms with van der Waals surface area (Å²) in [5, 5.41) is 5.98. The molecular formula is C50H72N6O8. The Bertz CT molecular complexity index is 2290. The molecule has 4 N–H and O–H groups in total. The summed E-state index contributed by atoms with van der Waals surface area (Å²) in [4.78, 5) is 44.5. The van der Waals surface area contributed by atoms with Gasteiger partial charge < -0.3 is 49.0 Å². The largest absolute Gasteiger partial charge is 0.382 e. The van der Waals surface area contributed by atoms with Crippen molar-refractivity contribution in [1.82, 2.24) is 30.6 Å². The quantitative estimate of drug-likeness (QED) is 0.0571. The van der Waals surface area contributed by atoms with Gasteiger partial charge in [-0.15, -0.1) is 0 Å². The first-order chi connectivity index (χ1) is 30.9. The summed E-state index contributed by atoms with van der Waals surface area (Å²) in [7, 11) is 3.26. The second-order valence-electron chi connectivity index (χ2n) is 16.5. The van der Waals surface area contributed by atoms with Crippen molar-refractivity contribution in [1.29, 1.82) is 0 Å². The molecule has 2 aliphatic heterocycles. The van der Waals surface area contributed by atoms with Gasteiger partial charge in [-0.3, -0.25) is 9.59 Å². The topological polar surface area (TPSA) is 171 Å². The molecule has 2 aliphatic rings. The van der Waals surface area contributed by atoms with E-state index in [1.165, 1.54) is 0 Å². The summed E-state index contributed by atoms with van der Waals surface area (Å²) < 4.78 is 34.0. The van der Waals surface area contributed by atoms with Crippen molar-refractivity contribution in [2.45, 2.75) is 106 Å². The van der Waals surface area contributed by atoms with Gasteiger partial charge in [-0.1, -0.05) is 13.8 Å². The highest BCUT2D eigenvalue weighted by molar-refractivity contribution is 5.97. The molecule has 0 radical (unpaired) electrons. The minimum absolute atomic E-state index is 0.0692. The first-order valence-corrected chi connectivity index (χ1v) is 23.0. The number of hydrogen-bond donors (Lipinski definition) is 4. The van der Waals surface area contributed by atoms with Crippen molar-refractivity contribution in [2.75, 3.05) is 80.2 Å². The maximum absolute atomic E-state index is 13.2. The lowest BCUT2D eigenvalue weighted by Crippen LogP contribution is -2.27. The zero-order chi connectivity index (χ0) is 46.2. The zero-order valence-corrected chi connectivity index (χ0v) is 39.9. The van der Waals surface area contributed by atoms with Gasteiger partial charge in [0.05, 0.1) is 74.6 Å². The Morgan fingerprint density at radius 3 is 1.42 bits per heavy atom. The van der Waals surface area contributed by atoms with Crippen LogP contribution in [0.2, 0.25) is 0 Å². The van der Waals surface area contributed by atoms with Crippen molar-refractivity contribution in [3.05, 3.63) is 69.3 Å². The van der Waals surface area contributed by atoms with E-state index >= 15 is 0 Å². The third kappa shape index (κ3) is 13.2. The molecule has 0 aliphatic carbocycles. The van der Waals surface area contributed by atoms with E-state index in [9.17, 15) is 9.59 Å². The van der Waals surface area contributed by atoms with Gasteiger partial charge >= 0.3 is 0 Å². The molecule has 14 heteroatoms. The van der Waals surface area contributed by atoms with E-state index < -0.39 is 0 Å². The van der Waals surface area contributed by atoms with Crippen molar-refractivity contribution in [2.24, 2.45) is 0 Å². The lowest BCUT2D eigenvalue weighted by atomic mass is 9.98. The molecule has 5 rings (SSSR count). The monoisotopic (exact) mass is 885 g/mol. The minimum Gasteiger partial charge on any atom is -0.382 e. The van der Waals surface area contributed by atoms with Gasteiger partial charge in [0.15, 0.2) is 0 Å². The van der Waals surface area contributed by atoms with Crippen LogP contribution in [0.15, 0.2) is 24.3 Å². The second-order valence-corrected chi connectivity index (χ2v) is 16.5. The van der Waals surface area contributed by atoms with Crippen LogP contribution < -0.4 is 10.6 Å². The first kappa shape index (κ1) is 50.3. The molecule has 0 saturated heterocycles. The fourth-order valence-electron chi connectivity index (χ4n) is 8.25. The van der Waals surface area contributed by atoms with Crippen LogP contribution in [0.25, 0.3) is 44.4 Å². The summed E-state index contributed by atoms with van der Waals surface area (Å²) in [6.07, 6.45) is 2.94. The Kier molecular flexibility index (Phi) is 19.7. The summed E-state index contributed by atoms with van der Waals surface area (Å²) in [5.74, 6) is -0.139. The van der Waals surface area contributed by atoms with Crippen molar-refractivity contribution < 1.29 is 38.0 Å². The van der Waals surface area contributed by atoms with Crippen LogP contribution in [0.3, 0.4) is 0 Å². The highest BCUT2D eigenvalue weighted by Gasteiger charge is 2.24. The molecule has 350 valence electrons. The van der Waals surface area contributed by atoms with E-state index in [1.807, 2.05) is 6.07 Å². The van der Waals surface area contributed by atoms with Gasteiger partial charge in [-0.25, -0.2) is 9.97 Å². The van der Waals surface area contributed by atoms with Crippen LogP contribution in [0, 0.1) is 13.8 Å². The van der Waals surface area contributed by atoms with Crippen molar-refractivity contribution in [3.63, 3.8) is 0 Å². The summed E-state index contributed by atoms with van der Waals surface area (Å²) in [5.41, 5.74) is 15.1.